The van der Waals surface area contributed by atoms with Gasteiger partial charge in [-0.25, -0.2) is 4.39 Å². The number of hydrogen-bond acceptors (Lipinski definition) is 3. The SMILES string of the molecule is CCCNC(C)c1c(F)cccc1N(CC)CC(C)(C)O. The van der Waals surface area contributed by atoms with Gasteiger partial charge < -0.3 is 15.3 Å². The lowest BCUT2D eigenvalue weighted by Crippen LogP contribution is -2.39. The van der Waals surface area contributed by atoms with E-state index in [2.05, 4.69) is 12.2 Å². The Morgan fingerprint density at radius 1 is 1.33 bits per heavy atom. The highest BCUT2D eigenvalue weighted by molar-refractivity contribution is 5.55. The van der Waals surface area contributed by atoms with Crippen LogP contribution in [0.4, 0.5) is 10.1 Å². The summed E-state index contributed by atoms with van der Waals surface area (Å²) in [7, 11) is 0. The number of anilines is 1. The van der Waals surface area contributed by atoms with E-state index in [1.165, 1.54) is 6.07 Å². The van der Waals surface area contributed by atoms with Crippen molar-refractivity contribution in [3.05, 3.63) is 29.6 Å². The van der Waals surface area contributed by atoms with Crippen LogP contribution in [0.15, 0.2) is 18.2 Å². The Morgan fingerprint density at radius 2 is 2.00 bits per heavy atom. The van der Waals surface area contributed by atoms with Crippen LogP contribution in [0, 0.1) is 5.82 Å². The number of nitrogens with one attached hydrogen (secondary N) is 1. The van der Waals surface area contributed by atoms with E-state index in [9.17, 15) is 9.50 Å². The quantitative estimate of drug-likeness (QED) is 0.771. The standard InChI is InChI=1S/C17H29FN2O/c1-6-11-19-13(3)16-14(18)9-8-10-15(16)20(7-2)12-17(4,5)21/h8-10,13,19,21H,6-7,11-12H2,1-5H3. The van der Waals surface area contributed by atoms with Crippen molar-refractivity contribution in [2.45, 2.75) is 52.7 Å². The Labute approximate surface area is 128 Å². The molecule has 21 heavy (non-hydrogen) atoms. The molecule has 1 unspecified atom stereocenters. The summed E-state index contributed by atoms with van der Waals surface area (Å²) < 4.78 is 14.3. The Balaban J connectivity index is 3.13. The van der Waals surface area contributed by atoms with E-state index < -0.39 is 5.60 Å². The Morgan fingerprint density at radius 3 is 2.52 bits per heavy atom. The van der Waals surface area contributed by atoms with Crippen LogP contribution in [-0.2, 0) is 0 Å². The zero-order valence-electron chi connectivity index (χ0n) is 13.9. The number of nitrogens with zero attached hydrogens (tertiary/aromatic N) is 1. The lowest BCUT2D eigenvalue weighted by Gasteiger charge is -2.33. The van der Waals surface area contributed by atoms with Gasteiger partial charge in [0.15, 0.2) is 0 Å². The average Bonchev–Trinajstić information content (AvgIpc) is 2.40. The largest absolute Gasteiger partial charge is 0.389 e. The fraction of sp³-hybridized carbons (Fsp3) is 0.647. The molecule has 0 spiro atoms. The Bertz CT molecular complexity index is 443. The van der Waals surface area contributed by atoms with Crippen LogP contribution in [0.1, 0.15) is 52.6 Å². The van der Waals surface area contributed by atoms with Crippen LogP contribution in [0.2, 0.25) is 0 Å². The van der Waals surface area contributed by atoms with Crippen molar-refractivity contribution in [2.75, 3.05) is 24.5 Å². The highest BCUT2D eigenvalue weighted by Gasteiger charge is 2.23. The van der Waals surface area contributed by atoms with Crippen molar-refractivity contribution in [1.82, 2.24) is 5.32 Å². The molecular weight excluding hydrogens is 267 g/mol. The Kier molecular flexibility index (Phi) is 6.62. The molecule has 1 aromatic carbocycles. The average molecular weight is 296 g/mol. The summed E-state index contributed by atoms with van der Waals surface area (Å²) in [5.41, 5.74) is 0.715. The van der Waals surface area contributed by atoms with E-state index in [-0.39, 0.29) is 11.9 Å². The first-order chi connectivity index (χ1) is 9.80. The van der Waals surface area contributed by atoms with Crippen LogP contribution in [0.25, 0.3) is 0 Å². The van der Waals surface area contributed by atoms with Crippen molar-refractivity contribution >= 4 is 5.69 Å². The first-order valence-electron chi connectivity index (χ1n) is 7.79. The minimum absolute atomic E-state index is 0.0583. The highest BCUT2D eigenvalue weighted by Crippen LogP contribution is 2.30. The van der Waals surface area contributed by atoms with Crippen LogP contribution in [-0.4, -0.2) is 30.3 Å². The molecule has 120 valence electrons. The number of halogens is 1. The third kappa shape index (κ3) is 5.29. The number of benzene rings is 1. The van der Waals surface area contributed by atoms with E-state index in [1.54, 1.807) is 19.9 Å². The molecule has 1 aromatic rings. The summed E-state index contributed by atoms with van der Waals surface area (Å²) in [5.74, 6) is -0.196. The molecule has 0 amide bonds. The van der Waals surface area contributed by atoms with Gasteiger partial charge in [-0.05, 0) is 52.8 Å². The van der Waals surface area contributed by atoms with Crippen LogP contribution >= 0.6 is 0 Å². The molecule has 0 saturated carbocycles. The molecule has 0 aliphatic carbocycles. The maximum absolute atomic E-state index is 14.3. The molecule has 0 heterocycles. The molecule has 1 rings (SSSR count). The second-order valence-electron chi connectivity index (χ2n) is 6.18. The van der Waals surface area contributed by atoms with Gasteiger partial charge in [-0.2, -0.15) is 0 Å². The van der Waals surface area contributed by atoms with E-state index in [1.807, 2.05) is 24.8 Å². The van der Waals surface area contributed by atoms with E-state index in [0.29, 0.717) is 12.1 Å². The molecule has 4 heteroatoms. The van der Waals surface area contributed by atoms with Gasteiger partial charge in [0, 0.05) is 30.4 Å². The smallest absolute Gasteiger partial charge is 0.130 e. The first kappa shape index (κ1) is 17.9. The monoisotopic (exact) mass is 296 g/mol. The maximum Gasteiger partial charge on any atom is 0.130 e. The summed E-state index contributed by atoms with van der Waals surface area (Å²) in [4.78, 5) is 2.03. The topological polar surface area (TPSA) is 35.5 Å². The third-order valence-electron chi connectivity index (χ3n) is 3.46. The lowest BCUT2D eigenvalue weighted by molar-refractivity contribution is 0.0875. The van der Waals surface area contributed by atoms with Gasteiger partial charge >= 0.3 is 0 Å². The van der Waals surface area contributed by atoms with Gasteiger partial charge in [-0.15, -0.1) is 0 Å². The molecular formula is C17H29FN2O. The fourth-order valence-corrected chi connectivity index (χ4v) is 2.53. The molecule has 0 saturated heterocycles. The molecule has 2 N–H and O–H groups in total. The first-order valence-corrected chi connectivity index (χ1v) is 7.79. The second kappa shape index (κ2) is 7.76. The van der Waals surface area contributed by atoms with Gasteiger partial charge in [-0.1, -0.05) is 13.0 Å². The van der Waals surface area contributed by atoms with Crippen LogP contribution < -0.4 is 10.2 Å². The second-order valence-corrected chi connectivity index (χ2v) is 6.18. The summed E-state index contributed by atoms with van der Waals surface area (Å²) in [6.45, 7) is 11.7. The van der Waals surface area contributed by atoms with Gasteiger partial charge in [0.1, 0.15) is 5.82 Å². The van der Waals surface area contributed by atoms with E-state index in [4.69, 9.17) is 0 Å². The third-order valence-corrected chi connectivity index (χ3v) is 3.46. The number of likely N-dealkylation sites (N-methyl/N-ethyl adjacent to an activating group) is 1. The van der Waals surface area contributed by atoms with Crippen molar-refractivity contribution < 1.29 is 9.50 Å². The zero-order chi connectivity index (χ0) is 16.0. The van der Waals surface area contributed by atoms with Crippen molar-refractivity contribution in [2.24, 2.45) is 0 Å². The molecule has 0 radical (unpaired) electrons. The van der Waals surface area contributed by atoms with Crippen molar-refractivity contribution in [3.63, 3.8) is 0 Å². The Hall–Kier alpha value is -1.13. The molecule has 0 aliphatic rings. The molecule has 0 aromatic heterocycles. The van der Waals surface area contributed by atoms with E-state index in [0.717, 1.165) is 25.2 Å². The molecule has 0 fully saturated rings. The fourth-order valence-electron chi connectivity index (χ4n) is 2.53. The molecule has 1 atom stereocenters. The molecule has 0 bridgehead atoms. The normalized spacial score (nSPS) is 13.3. The molecule has 3 nitrogen and oxygen atoms in total. The number of rotatable bonds is 8. The highest BCUT2D eigenvalue weighted by atomic mass is 19.1. The maximum atomic E-state index is 14.3. The van der Waals surface area contributed by atoms with Gasteiger partial charge in [0.25, 0.3) is 0 Å². The van der Waals surface area contributed by atoms with Crippen LogP contribution in [0.3, 0.4) is 0 Å². The van der Waals surface area contributed by atoms with Gasteiger partial charge in [0.05, 0.1) is 5.60 Å². The van der Waals surface area contributed by atoms with E-state index >= 15 is 0 Å². The summed E-state index contributed by atoms with van der Waals surface area (Å²) in [6, 6.07) is 5.10. The van der Waals surface area contributed by atoms with Gasteiger partial charge in [0.2, 0.25) is 0 Å². The lowest BCUT2D eigenvalue weighted by atomic mass is 10.0. The number of hydrogen-bond donors (Lipinski definition) is 2. The number of aliphatic hydroxyl groups is 1. The van der Waals surface area contributed by atoms with Crippen LogP contribution in [0.5, 0.6) is 0 Å². The van der Waals surface area contributed by atoms with Crippen molar-refractivity contribution in [3.8, 4) is 0 Å². The predicted octanol–water partition coefficient (Wildman–Crippen LogP) is 3.48. The summed E-state index contributed by atoms with van der Waals surface area (Å²) in [6.07, 6.45) is 1.01. The predicted molar refractivity (Wildman–Crippen MR) is 87.3 cm³/mol. The van der Waals surface area contributed by atoms with Crippen molar-refractivity contribution in [1.29, 1.82) is 0 Å². The minimum atomic E-state index is -0.820. The molecule has 0 aliphatic heterocycles. The zero-order valence-corrected chi connectivity index (χ0v) is 13.9. The summed E-state index contributed by atoms with van der Waals surface area (Å²) >= 11 is 0. The minimum Gasteiger partial charge on any atom is -0.389 e. The summed E-state index contributed by atoms with van der Waals surface area (Å²) in [5, 5.41) is 13.4. The van der Waals surface area contributed by atoms with Gasteiger partial charge in [-0.3, -0.25) is 0 Å².